The molecule has 1 aliphatic heterocycles. The summed E-state index contributed by atoms with van der Waals surface area (Å²) >= 11 is 0. The smallest absolute Gasteiger partial charge is 0.0721 e. The van der Waals surface area contributed by atoms with Gasteiger partial charge >= 0.3 is 0 Å². The molecular weight excluding hydrogens is 234 g/mol. The van der Waals surface area contributed by atoms with Crippen LogP contribution in [0.3, 0.4) is 0 Å². The average Bonchev–Trinajstić information content (AvgIpc) is 3.00. The summed E-state index contributed by atoms with van der Waals surface area (Å²) in [6.45, 7) is 0. The van der Waals surface area contributed by atoms with Crippen LogP contribution < -0.4 is 5.43 Å². The molecule has 1 aliphatic rings. The number of rotatable bonds is 1. The highest BCUT2D eigenvalue weighted by Crippen LogP contribution is 2.18. The summed E-state index contributed by atoms with van der Waals surface area (Å²) < 4.78 is 0. The molecule has 3 heteroatoms. The molecular formula is C16H15N3. The van der Waals surface area contributed by atoms with Crippen molar-refractivity contribution < 1.29 is 0 Å². The molecule has 2 aromatic rings. The lowest BCUT2D eigenvalue weighted by molar-refractivity contribution is 0.391. The van der Waals surface area contributed by atoms with Gasteiger partial charge in [0.25, 0.3) is 0 Å². The van der Waals surface area contributed by atoms with E-state index in [1.807, 2.05) is 48.7 Å². The van der Waals surface area contributed by atoms with E-state index in [-0.39, 0.29) is 6.04 Å². The second kappa shape index (κ2) is 7.00. The molecule has 0 saturated carbocycles. The third kappa shape index (κ3) is 3.98. The number of hydrazine groups is 1. The Labute approximate surface area is 113 Å². The molecule has 19 heavy (non-hydrogen) atoms. The van der Waals surface area contributed by atoms with Gasteiger partial charge in [-0.05, 0) is 23.8 Å². The highest BCUT2D eigenvalue weighted by Gasteiger charge is 2.14. The summed E-state index contributed by atoms with van der Waals surface area (Å²) in [5, 5.41) is 1.62. The van der Waals surface area contributed by atoms with Crippen molar-refractivity contribution in [2.24, 2.45) is 0 Å². The Hall–Kier alpha value is -2.57. The second-order valence-corrected chi connectivity index (χ2v) is 3.88. The van der Waals surface area contributed by atoms with Crippen molar-refractivity contribution in [2.75, 3.05) is 0 Å². The standard InChI is InChI=1S/C11H10N2.C5H5N/c1-2-13-9-8-11(12-13)10-6-4-3-5-7-10;1-2-4-6-5-3-1/h1,3-9,11-12H;1-5H. The van der Waals surface area contributed by atoms with E-state index >= 15 is 0 Å². The molecule has 3 nitrogen and oxygen atoms in total. The Kier molecular flexibility index (Phi) is 4.74. The van der Waals surface area contributed by atoms with Crippen LogP contribution in [0.4, 0.5) is 0 Å². The number of pyridine rings is 1. The fourth-order valence-corrected chi connectivity index (χ4v) is 1.65. The molecule has 0 spiro atoms. The Bertz CT molecular complexity index is 517. The first-order valence-corrected chi connectivity index (χ1v) is 6.00. The number of benzene rings is 1. The van der Waals surface area contributed by atoms with Gasteiger partial charge in [0, 0.05) is 24.6 Å². The van der Waals surface area contributed by atoms with Crippen molar-refractivity contribution in [3.63, 3.8) is 0 Å². The highest BCUT2D eigenvalue weighted by molar-refractivity contribution is 5.25. The maximum absolute atomic E-state index is 5.24. The zero-order valence-corrected chi connectivity index (χ0v) is 10.5. The van der Waals surface area contributed by atoms with E-state index in [1.54, 1.807) is 17.4 Å². The van der Waals surface area contributed by atoms with Crippen molar-refractivity contribution in [3.05, 3.63) is 78.8 Å². The third-order valence-corrected chi connectivity index (χ3v) is 2.57. The van der Waals surface area contributed by atoms with Gasteiger partial charge in [-0.2, -0.15) is 0 Å². The van der Waals surface area contributed by atoms with E-state index in [9.17, 15) is 0 Å². The highest BCUT2D eigenvalue weighted by atomic mass is 15.5. The summed E-state index contributed by atoms with van der Waals surface area (Å²) in [5.41, 5.74) is 4.36. The molecule has 0 amide bonds. The van der Waals surface area contributed by atoms with E-state index in [2.05, 4.69) is 28.6 Å². The number of nitrogens with zero attached hydrogens (tertiary/aromatic N) is 2. The lowest BCUT2D eigenvalue weighted by atomic mass is 10.1. The van der Waals surface area contributed by atoms with E-state index < -0.39 is 0 Å². The monoisotopic (exact) mass is 249 g/mol. The van der Waals surface area contributed by atoms with Crippen molar-refractivity contribution >= 4 is 0 Å². The topological polar surface area (TPSA) is 28.2 Å². The van der Waals surface area contributed by atoms with Crippen LogP contribution in [0.15, 0.2) is 73.2 Å². The van der Waals surface area contributed by atoms with E-state index in [0.717, 1.165) is 0 Å². The fourth-order valence-electron chi connectivity index (χ4n) is 1.65. The van der Waals surface area contributed by atoms with Gasteiger partial charge in [0.1, 0.15) is 0 Å². The molecule has 2 heterocycles. The molecule has 0 radical (unpaired) electrons. The number of hydrogen-bond donors (Lipinski definition) is 1. The molecule has 0 saturated heterocycles. The predicted octanol–water partition coefficient (Wildman–Crippen LogP) is 2.73. The molecule has 3 rings (SSSR count). The van der Waals surface area contributed by atoms with Gasteiger partial charge < -0.3 is 0 Å². The Balaban J connectivity index is 0.000000186. The lowest BCUT2D eigenvalue weighted by Gasteiger charge is -2.13. The van der Waals surface area contributed by atoms with Gasteiger partial charge in [-0.3, -0.25) is 4.98 Å². The largest absolute Gasteiger partial charge is 0.265 e. The van der Waals surface area contributed by atoms with Crippen LogP contribution in [0.2, 0.25) is 0 Å². The van der Waals surface area contributed by atoms with Crippen LogP contribution in [-0.2, 0) is 0 Å². The first kappa shape index (κ1) is 12.9. The summed E-state index contributed by atoms with van der Waals surface area (Å²) in [6.07, 6.45) is 12.6. The van der Waals surface area contributed by atoms with E-state index in [1.165, 1.54) is 5.56 Å². The zero-order chi connectivity index (χ0) is 13.3. The summed E-state index contributed by atoms with van der Waals surface area (Å²) in [6, 6.07) is 18.6. The predicted molar refractivity (Wildman–Crippen MR) is 76.4 cm³/mol. The summed E-state index contributed by atoms with van der Waals surface area (Å²) in [7, 11) is 0. The lowest BCUT2D eigenvalue weighted by Crippen LogP contribution is -2.26. The number of hydrogen-bond acceptors (Lipinski definition) is 3. The fraction of sp³-hybridized carbons (Fsp3) is 0.0625. The SMILES string of the molecule is C#CN1C=CC(c2ccccc2)N1.c1ccncc1. The van der Waals surface area contributed by atoms with Gasteiger partial charge in [0.15, 0.2) is 0 Å². The Morgan fingerprint density at radius 2 is 1.74 bits per heavy atom. The van der Waals surface area contributed by atoms with E-state index in [0.29, 0.717) is 0 Å². The normalized spacial score (nSPS) is 16.4. The molecule has 0 bridgehead atoms. The van der Waals surface area contributed by atoms with Crippen LogP contribution >= 0.6 is 0 Å². The molecule has 1 aromatic heterocycles. The Morgan fingerprint density at radius 3 is 2.21 bits per heavy atom. The van der Waals surface area contributed by atoms with Gasteiger partial charge in [-0.1, -0.05) is 42.8 Å². The number of aromatic nitrogens is 1. The second-order valence-electron chi connectivity index (χ2n) is 3.88. The van der Waals surface area contributed by atoms with Gasteiger partial charge in [0.05, 0.1) is 6.04 Å². The van der Waals surface area contributed by atoms with Gasteiger partial charge in [0.2, 0.25) is 0 Å². The van der Waals surface area contributed by atoms with Crippen LogP contribution in [0.5, 0.6) is 0 Å². The van der Waals surface area contributed by atoms with Crippen molar-refractivity contribution in [1.82, 2.24) is 15.4 Å². The minimum atomic E-state index is 0.206. The minimum Gasteiger partial charge on any atom is -0.265 e. The molecule has 1 atom stereocenters. The summed E-state index contributed by atoms with van der Waals surface area (Å²) in [4.78, 5) is 3.78. The zero-order valence-electron chi connectivity index (χ0n) is 10.5. The summed E-state index contributed by atoms with van der Waals surface area (Å²) in [5.74, 6) is 0. The van der Waals surface area contributed by atoms with E-state index in [4.69, 9.17) is 6.42 Å². The van der Waals surface area contributed by atoms with Crippen molar-refractivity contribution in [1.29, 1.82) is 0 Å². The molecule has 0 fully saturated rings. The molecule has 1 N–H and O–H groups in total. The quantitative estimate of drug-likeness (QED) is 0.788. The van der Waals surface area contributed by atoms with Crippen molar-refractivity contribution in [3.8, 4) is 12.5 Å². The third-order valence-electron chi connectivity index (χ3n) is 2.57. The van der Waals surface area contributed by atoms with Crippen molar-refractivity contribution in [2.45, 2.75) is 6.04 Å². The molecule has 94 valence electrons. The average molecular weight is 249 g/mol. The number of nitrogens with one attached hydrogen (secondary N) is 1. The maximum Gasteiger partial charge on any atom is 0.0721 e. The molecule has 1 unspecified atom stereocenters. The van der Waals surface area contributed by atoms with Crippen LogP contribution in [0.1, 0.15) is 11.6 Å². The van der Waals surface area contributed by atoms with Gasteiger partial charge in [-0.25, -0.2) is 10.4 Å². The first-order valence-electron chi connectivity index (χ1n) is 6.00. The Morgan fingerprint density at radius 1 is 1.05 bits per heavy atom. The van der Waals surface area contributed by atoms with Crippen LogP contribution in [-0.4, -0.2) is 9.99 Å². The van der Waals surface area contributed by atoms with Crippen LogP contribution in [0.25, 0.3) is 0 Å². The maximum atomic E-state index is 5.24. The minimum absolute atomic E-state index is 0.206. The molecule has 1 aromatic carbocycles. The first-order chi connectivity index (χ1) is 9.40. The van der Waals surface area contributed by atoms with Crippen LogP contribution in [0, 0.1) is 12.5 Å². The number of terminal acetylenes is 1. The molecule has 0 aliphatic carbocycles. The van der Waals surface area contributed by atoms with Gasteiger partial charge in [-0.15, -0.1) is 0 Å².